The lowest BCUT2D eigenvalue weighted by Crippen LogP contribution is -2.40. The third kappa shape index (κ3) is 3.45. The van der Waals surface area contributed by atoms with Crippen LogP contribution in [0, 0.1) is 5.92 Å². The van der Waals surface area contributed by atoms with Crippen LogP contribution in [0.25, 0.3) is 0 Å². The number of carbonyl (C=O) groups excluding carboxylic acids is 1. The van der Waals surface area contributed by atoms with Crippen LogP contribution in [0.15, 0.2) is 18.2 Å². The van der Waals surface area contributed by atoms with Gasteiger partial charge in [-0.2, -0.15) is 8.78 Å². The first kappa shape index (κ1) is 17.0. The van der Waals surface area contributed by atoms with Gasteiger partial charge in [0.25, 0.3) is 0 Å². The molecule has 1 aromatic carbocycles. The summed E-state index contributed by atoms with van der Waals surface area (Å²) in [5.41, 5.74) is 0.645. The van der Waals surface area contributed by atoms with Gasteiger partial charge in [0.1, 0.15) is 0 Å². The van der Waals surface area contributed by atoms with Crippen LogP contribution in [0.1, 0.15) is 12.0 Å². The smallest absolute Gasteiger partial charge is 0.387 e. The Kier molecular flexibility index (Phi) is 4.89. The molecule has 2 aliphatic heterocycles. The van der Waals surface area contributed by atoms with Crippen LogP contribution < -0.4 is 9.47 Å². The van der Waals surface area contributed by atoms with E-state index in [1.54, 1.807) is 12.1 Å². The van der Waals surface area contributed by atoms with E-state index in [1.807, 2.05) is 4.90 Å². The lowest BCUT2D eigenvalue weighted by atomic mass is 10.0. The number of carbonyl (C=O) groups is 1. The molecule has 132 valence electrons. The molecule has 1 aromatic rings. The summed E-state index contributed by atoms with van der Waals surface area (Å²) in [6.07, 6.45) is 1.21. The zero-order valence-electron chi connectivity index (χ0n) is 13.9. The van der Waals surface area contributed by atoms with Crippen LogP contribution in [0.4, 0.5) is 8.78 Å². The van der Waals surface area contributed by atoms with E-state index in [1.165, 1.54) is 13.2 Å². The first-order valence-corrected chi connectivity index (χ1v) is 8.07. The van der Waals surface area contributed by atoms with Gasteiger partial charge in [0.05, 0.1) is 13.5 Å². The van der Waals surface area contributed by atoms with E-state index in [4.69, 9.17) is 4.74 Å². The number of hydrogen-bond acceptors (Lipinski definition) is 4. The van der Waals surface area contributed by atoms with Crippen molar-refractivity contribution in [3.8, 4) is 11.5 Å². The van der Waals surface area contributed by atoms with Crippen LogP contribution >= 0.6 is 0 Å². The molecule has 7 heteroatoms. The predicted molar refractivity (Wildman–Crippen MR) is 84.4 cm³/mol. The monoisotopic (exact) mass is 340 g/mol. The molecular weight excluding hydrogens is 318 g/mol. The molecule has 24 heavy (non-hydrogen) atoms. The molecule has 0 N–H and O–H groups in total. The van der Waals surface area contributed by atoms with Crippen LogP contribution in [0.3, 0.4) is 0 Å². The summed E-state index contributed by atoms with van der Waals surface area (Å²) in [6.45, 7) is -0.223. The second-order valence-corrected chi connectivity index (χ2v) is 6.46. The highest BCUT2D eigenvalue weighted by atomic mass is 19.3. The molecule has 0 aromatic heterocycles. The first-order valence-electron chi connectivity index (χ1n) is 8.07. The standard InChI is InChI=1S/C17H22F2N2O3/c1-20-9-12-5-6-21(13(12)10-20)16(22)8-11-3-4-14(23-2)15(7-11)24-17(18)19/h3-4,7,12-13,17H,5-6,8-10H2,1-2H3. The lowest BCUT2D eigenvalue weighted by molar-refractivity contribution is -0.131. The van der Waals surface area contributed by atoms with Crippen molar-refractivity contribution in [1.82, 2.24) is 9.80 Å². The Morgan fingerprint density at radius 3 is 2.83 bits per heavy atom. The molecular formula is C17H22F2N2O3. The minimum Gasteiger partial charge on any atom is -0.493 e. The van der Waals surface area contributed by atoms with E-state index in [0.29, 0.717) is 11.5 Å². The molecule has 2 saturated heterocycles. The van der Waals surface area contributed by atoms with Crippen molar-refractivity contribution in [3.05, 3.63) is 23.8 Å². The van der Waals surface area contributed by atoms with Crippen LogP contribution in [0.5, 0.6) is 11.5 Å². The number of hydrogen-bond donors (Lipinski definition) is 0. The van der Waals surface area contributed by atoms with Gasteiger partial charge in [-0.3, -0.25) is 4.79 Å². The van der Waals surface area contributed by atoms with E-state index < -0.39 is 6.61 Å². The molecule has 2 heterocycles. The van der Waals surface area contributed by atoms with Gasteiger partial charge in [0.15, 0.2) is 11.5 Å². The molecule has 5 nitrogen and oxygen atoms in total. The van der Waals surface area contributed by atoms with Gasteiger partial charge >= 0.3 is 6.61 Å². The zero-order valence-corrected chi connectivity index (χ0v) is 13.9. The third-order valence-corrected chi connectivity index (χ3v) is 4.85. The second kappa shape index (κ2) is 6.93. The highest BCUT2D eigenvalue weighted by molar-refractivity contribution is 5.79. The fourth-order valence-corrected chi connectivity index (χ4v) is 3.78. The second-order valence-electron chi connectivity index (χ2n) is 6.46. The van der Waals surface area contributed by atoms with Crippen LogP contribution in [-0.2, 0) is 11.2 Å². The van der Waals surface area contributed by atoms with Gasteiger partial charge < -0.3 is 19.3 Å². The van der Waals surface area contributed by atoms with Gasteiger partial charge in [-0.05, 0) is 37.1 Å². The Labute approximate surface area is 140 Å². The summed E-state index contributed by atoms with van der Waals surface area (Å²) in [4.78, 5) is 16.8. The molecule has 0 saturated carbocycles. The normalized spacial score (nSPS) is 23.6. The summed E-state index contributed by atoms with van der Waals surface area (Å²) < 4.78 is 34.5. The fraction of sp³-hybridized carbons (Fsp3) is 0.588. The molecule has 0 aliphatic carbocycles. The minimum absolute atomic E-state index is 0.0333. The number of amides is 1. The minimum atomic E-state index is -2.93. The van der Waals surface area contributed by atoms with Crippen molar-refractivity contribution in [2.24, 2.45) is 5.92 Å². The maximum atomic E-state index is 12.6. The summed E-state index contributed by atoms with van der Waals surface area (Å²) in [5, 5.41) is 0. The number of likely N-dealkylation sites (N-methyl/N-ethyl adjacent to an activating group) is 1. The molecule has 1 amide bonds. The summed E-state index contributed by atoms with van der Waals surface area (Å²) in [5.74, 6) is 0.765. The highest BCUT2D eigenvalue weighted by Crippen LogP contribution is 2.32. The zero-order chi connectivity index (χ0) is 17.3. The number of nitrogens with zero attached hydrogens (tertiary/aromatic N) is 2. The van der Waals surface area contributed by atoms with Gasteiger partial charge in [0, 0.05) is 25.7 Å². The van der Waals surface area contributed by atoms with E-state index >= 15 is 0 Å². The van der Waals surface area contributed by atoms with E-state index in [2.05, 4.69) is 16.7 Å². The molecule has 2 fully saturated rings. The van der Waals surface area contributed by atoms with Crippen molar-refractivity contribution in [3.63, 3.8) is 0 Å². The van der Waals surface area contributed by atoms with Crippen molar-refractivity contribution < 1.29 is 23.0 Å². The number of fused-ring (bicyclic) bond motifs is 1. The summed E-state index contributed by atoms with van der Waals surface area (Å²) in [6, 6.07) is 4.99. The Bertz CT molecular complexity index is 611. The number of rotatable bonds is 5. The number of methoxy groups -OCH3 is 1. The van der Waals surface area contributed by atoms with Gasteiger partial charge in [-0.25, -0.2) is 0 Å². The lowest BCUT2D eigenvalue weighted by Gasteiger charge is -2.24. The molecule has 2 unspecified atom stereocenters. The topological polar surface area (TPSA) is 42.0 Å². The average Bonchev–Trinajstić information content (AvgIpc) is 3.05. The Balaban J connectivity index is 1.70. The Morgan fingerprint density at radius 2 is 2.12 bits per heavy atom. The molecule has 0 spiro atoms. The summed E-state index contributed by atoms with van der Waals surface area (Å²) >= 11 is 0. The molecule has 2 atom stereocenters. The molecule has 3 rings (SSSR count). The first-order chi connectivity index (χ1) is 11.5. The number of ether oxygens (including phenoxy) is 2. The maximum Gasteiger partial charge on any atom is 0.387 e. The van der Waals surface area contributed by atoms with Crippen LogP contribution in [-0.4, -0.2) is 62.2 Å². The number of halogens is 2. The fourth-order valence-electron chi connectivity index (χ4n) is 3.78. The van der Waals surface area contributed by atoms with Crippen LogP contribution in [0.2, 0.25) is 0 Å². The predicted octanol–water partition coefficient (Wildman–Crippen LogP) is 2.00. The average molecular weight is 340 g/mol. The molecule has 2 aliphatic rings. The third-order valence-electron chi connectivity index (χ3n) is 4.85. The van der Waals surface area contributed by atoms with Crippen molar-refractivity contribution in [1.29, 1.82) is 0 Å². The largest absolute Gasteiger partial charge is 0.493 e. The number of benzene rings is 1. The van der Waals surface area contributed by atoms with Gasteiger partial charge in [-0.1, -0.05) is 6.07 Å². The highest BCUT2D eigenvalue weighted by Gasteiger charge is 2.41. The quantitative estimate of drug-likeness (QED) is 0.822. The molecule has 0 radical (unpaired) electrons. The molecule has 0 bridgehead atoms. The number of likely N-dealkylation sites (tertiary alicyclic amines) is 2. The Hall–Kier alpha value is -1.89. The summed E-state index contributed by atoms with van der Waals surface area (Å²) in [7, 11) is 3.46. The van der Waals surface area contributed by atoms with E-state index in [9.17, 15) is 13.6 Å². The SMILES string of the molecule is COc1ccc(CC(=O)N2CCC3CN(C)CC32)cc1OC(F)F. The van der Waals surface area contributed by atoms with E-state index in [0.717, 1.165) is 26.1 Å². The van der Waals surface area contributed by atoms with Gasteiger partial charge in [0.2, 0.25) is 5.91 Å². The van der Waals surface area contributed by atoms with Crippen molar-refractivity contribution in [2.45, 2.75) is 25.5 Å². The van der Waals surface area contributed by atoms with Gasteiger partial charge in [-0.15, -0.1) is 0 Å². The maximum absolute atomic E-state index is 12.6. The Morgan fingerprint density at radius 1 is 1.33 bits per heavy atom. The van der Waals surface area contributed by atoms with Crippen molar-refractivity contribution >= 4 is 5.91 Å². The van der Waals surface area contributed by atoms with E-state index in [-0.39, 0.29) is 29.9 Å². The van der Waals surface area contributed by atoms with Crippen molar-refractivity contribution in [2.75, 3.05) is 33.8 Å². The number of alkyl halides is 2.